The molecule has 0 aliphatic carbocycles. The molecular weight excluding hydrogens is 228 g/mol. The molecule has 0 aliphatic heterocycles. The van der Waals surface area contributed by atoms with Crippen LogP contribution < -0.4 is 5.73 Å². The second-order valence-electron chi connectivity index (χ2n) is 3.67. The summed E-state index contributed by atoms with van der Waals surface area (Å²) < 4.78 is 5.16. The number of hydrogen-bond acceptors (Lipinski definition) is 3. The van der Waals surface area contributed by atoms with Crippen LogP contribution in [0.4, 0.5) is 0 Å². The molecule has 1 heterocycles. The van der Waals surface area contributed by atoms with Gasteiger partial charge in [-0.2, -0.15) is 0 Å². The lowest BCUT2D eigenvalue weighted by Gasteiger charge is -2.19. The molecule has 1 rings (SSSR count). The average molecular weight is 247 g/mol. The maximum absolute atomic E-state index is 11.7. The molecule has 0 bridgehead atoms. The summed E-state index contributed by atoms with van der Waals surface area (Å²) in [4.78, 5) is 13.3. The molecular formula is C11H19ClN2O2. The Balaban J connectivity index is 0.00000225. The van der Waals surface area contributed by atoms with Gasteiger partial charge >= 0.3 is 0 Å². The molecule has 0 radical (unpaired) electrons. The number of rotatable bonds is 5. The van der Waals surface area contributed by atoms with Crippen molar-refractivity contribution in [3.05, 3.63) is 24.2 Å². The van der Waals surface area contributed by atoms with E-state index in [-0.39, 0.29) is 18.3 Å². The molecule has 0 aromatic carbocycles. The quantitative estimate of drug-likeness (QED) is 0.862. The van der Waals surface area contributed by atoms with Gasteiger partial charge in [-0.1, -0.05) is 13.3 Å². The van der Waals surface area contributed by atoms with Crippen LogP contribution in [-0.2, 0) is 11.3 Å². The topological polar surface area (TPSA) is 59.5 Å². The van der Waals surface area contributed by atoms with E-state index in [1.165, 1.54) is 0 Å². The molecule has 1 unspecified atom stereocenters. The van der Waals surface area contributed by atoms with E-state index < -0.39 is 6.04 Å². The molecule has 16 heavy (non-hydrogen) atoms. The van der Waals surface area contributed by atoms with Crippen molar-refractivity contribution in [2.24, 2.45) is 5.73 Å². The van der Waals surface area contributed by atoms with E-state index >= 15 is 0 Å². The predicted octanol–water partition coefficient (Wildman–Crippen LogP) is 1.79. The number of halogens is 1. The summed E-state index contributed by atoms with van der Waals surface area (Å²) in [5, 5.41) is 0. The smallest absolute Gasteiger partial charge is 0.239 e. The number of carbonyl (C=O) groups is 1. The lowest BCUT2D eigenvalue weighted by Crippen LogP contribution is -2.41. The van der Waals surface area contributed by atoms with Crippen molar-refractivity contribution in [1.82, 2.24) is 4.90 Å². The van der Waals surface area contributed by atoms with E-state index in [4.69, 9.17) is 10.2 Å². The van der Waals surface area contributed by atoms with Gasteiger partial charge < -0.3 is 15.1 Å². The zero-order chi connectivity index (χ0) is 11.3. The van der Waals surface area contributed by atoms with Crippen LogP contribution in [0, 0.1) is 0 Å². The summed E-state index contributed by atoms with van der Waals surface area (Å²) >= 11 is 0. The molecule has 0 saturated carbocycles. The highest BCUT2D eigenvalue weighted by Crippen LogP contribution is 2.06. The Kier molecular flexibility index (Phi) is 6.85. The van der Waals surface area contributed by atoms with Crippen LogP contribution >= 0.6 is 12.4 Å². The SMILES string of the molecule is CCCC(N)C(=O)N(C)Cc1ccco1.Cl. The number of carbonyl (C=O) groups excluding carboxylic acids is 1. The third kappa shape index (κ3) is 4.24. The van der Waals surface area contributed by atoms with Crippen molar-refractivity contribution < 1.29 is 9.21 Å². The zero-order valence-corrected chi connectivity index (χ0v) is 10.5. The number of nitrogens with two attached hydrogens (primary N) is 1. The minimum absolute atomic E-state index is 0. The molecule has 0 saturated heterocycles. The van der Waals surface area contributed by atoms with Gasteiger partial charge in [-0.3, -0.25) is 4.79 Å². The fraction of sp³-hybridized carbons (Fsp3) is 0.545. The highest BCUT2D eigenvalue weighted by molar-refractivity contribution is 5.85. The lowest BCUT2D eigenvalue weighted by atomic mass is 10.1. The first kappa shape index (κ1) is 15.0. The van der Waals surface area contributed by atoms with Crippen LogP contribution in [0.2, 0.25) is 0 Å². The molecule has 1 amide bonds. The molecule has 1 atom stereocenters. The highest BCUT2D eigenvalue weighted by atomic mass is 35.5. The zero-order valence-electron chi connectivity index (χ0n) is 9.68. The highest BCUT2D eigenvalue weighted by Gasteiger charge is 2.17. The van der Waals surface area contributed by atoms with E-state index in [2.05, 4.69) is 0 Å². The van der Waals surface area contributed by atoms with Crippen LogP contribution in [0.1, 0.15) is 25.5 Å². The number of hydrogen-bond donors (Lipinski definition) is 1. The molecule has 0 spiro atoms. The van der Waals surface area contributed by atoms with Crippen LogP contribution in [0.15, 0.2) is 22.8 Å². The molecule has 2 N–H and O–H groups in total. The Morgan fingerprint density at radius 2 is 2.31 bits per heavy atom. The fourth-order valence-electron chi connectivity index (χ4n) is 1.43. The summed E-state index contributed by atoms with van der Waals surface area (Å²) in [5.74, 6) is 0.739. The van der Waals surface area contributed by atoms with E-state index in [0.29, 0.717) is 6.54 Å². The van der Waals surface area contributed by atoms with Gasteiger partial charge in [-0.25, -0.2) is 0 Å². The number of nitrogens with zero attached hydrogens (tertiary/aromatic N) is 1. The van der Waals surface area contributed by atoms with Crippen molar-refractivity contribution in [2.45, 2.75) is 32.4 Å². The average Bonchev–Trinajstić information content (AvgIpc) is 2.69. The largest absolute Gasteiger partial charge is 0.467 e. The minimum atomic E-state index is -0.394. The molecule has 1 aromatic heterocycles. The van der Waals surface area contributed by atoms with Gasteiger partial charge in [0.1, 0.15) is 5.76 Å². The summed E-state index contributed by atoms with van der Waals surface area (Å²) in [5.41, 5.74) is 5.74. The standard InChI is InChI=1S/C11H18N2O2.ClH/c1-3-5-10(12)11(14)13(2)8-9-6-4-7-15-9;/h4,6-7,10H,3,5,8,12H2,1-2H3;1H. The van der Waals surface area contributed by atoms with Gasteiger partial charge in [0.2, 0.25) is 5.91 Å². The van der Waals surface area contributed by atoms with Gasteiger partial charge in [0.05, 0.1) is 18.8 Å². The van der Waals surface area contributed by atoms with E-state index in [1.54, 1.807) is 24.3 Å². The first-order valence-corrected chi connectivity index (χ1v) is 5.18. The first-order valence-electron chi connectivity index (χ1n) is 5.18. The summed E-state index contributed by atoms with van der Waals surface area (Å²) in [7, 11) is 1.74. The Hall–Kier alpha value is -1.00. The van der Waals surface area contributed by atoms with Gasteiger partial charge in [-0.15, -0.1) is 12.4 Å². The Morgan fingerprint density at radius 1 is 1.62 bits per heavy atom. The van der Waals surface area contributed by atoms with E-state index in [0.717, 1.165) is 18.6 Å². The molecule has 92 valence electrons. The number of furan rings is 1. The Bertz CT molecular complexity index is 301. The molecule has 4 nitrogen and oxygen atoms in total. The lowest BCUT2D eigenvalue weighted by molar-refractivity contribution is -0.132. The van der Waals surface area contributed by atoms with Gasteiger partial charge in [0.25, 0.3) is 0 Å². The summed E-state index contributed by atoms with van der Waals surface area (Å²) in [6.45, 7) is 2.49. The van der Waals surface area contributed by atoms with Crippen LogP contribution in [0.25, 0.3) is 0 Å². The Labute approximate surface area is 102 Å². The van der Waals surface area contributed by atoms with E-state index in [1.807, 2.05) is 13.0 Å². The second kappa shape index (κ2) is 7.30. The van der Waals surface area contributed by atoms with Crippen molar-refractivity contribution >= 4 is 18.3 Å². The molecule has 1 aromatic rings. The normalized spacial score (nSPS) is 11.7. The summed E-state index contributed by atoms with van der Waals surface area (Å²) in [6.07, 6.45) is 3.24. The van der Waals surface area contributed by atoms with Crippen molar-refractivity contribution in [1.29, 1.82) is 0 Å². The monoisotopic (exact) mass is 246 g/mol. The maximum atomic E-state index is 11.7. The van der Waals surface area contributed by atoms with Gasteiger partial charge in [-0.05, 0) is 18.6 Å². The predicted molar refractivity (Wildman–Crippen MR) is 65.3 cm³/mol. The molecule has 5 heteroatoms. The maximum Gasteiger partial charge on any atom is 0.239 e. The van der Waals surface area contributed by atoms with Crippen molar-refractivity contribution in [3.8, 4) is 0 Å². The second-order valence-corrected chi connectivity index (χ2v) is 3.67. The molecule has 0 fully saturated rings. The van der Waals surface area contributed by atoms with Crippen LogP contribution in [-0.4, -0.2) is 23.9 Å². The number of amides is 1. The summed E-state index contributed by atoms with van der Waals surface area (Å²) in [6, 6.07) is 3.25. The van der Waals surface area contributed by atoms with Crippen LogP contribution in [0.5, 0.6) is 0 Å². The fourth-order valence-corrected chi connectivity index (χ4v) is 1.43. The van der Waals surface area contributed by atoms with Gasteiger partial charge in [0, 0.05) is 7.05 Å². The third-order valence-corrected chi connectivity index (χ3v) is 2.27. The van der Waals surface area contributed by atoms with Crippen molar-refractivity contribution in [2.75, 3.05) is 7.05 Å². The van der Waals surface area contributed by atoms with Gasteiger partial charge in [0.15, 0.2) is 0 Å². The first-order chi connectivity index (χ1) is 7.15. The minimum Gasteiger partial charge on any atom is -0.467 e. The number of likely N-dealkylation sites (N-methyl/N-ethyl adjacent to an activating group) is 1. The van der Waals surface area contributed by atoms with Crippen LogP contribution in [0.3, 0.4) is 0 Å². The Morgan fingerprint density at radius 3 is 2.81 bits per heavy atom. The van der Waals surface area contributed by atoms with Crippen molar-refractivity contribution in [3.63, 3.8) is 0 Å². The molecule has 0 aliphatic rings. The van der Waals surface area contributed by atoms with E-state index in [9.17, 15) is 4.79 Å². The third-order valence-electron chi connectivity index (χ3n) is 2.27.